The Morgan fingerprint density at radius 1 is 1.05 bits per heavy atom. The first-order chi connectivity index (χ1) is 9.27. The van der Waals surface area contributed by atoms with Crippen LogP contribution >= 0.6 is 0 Å². The van der Waals surface area contributed by atoms with Gasteiger partial charge in [-0.05, 0) is 75.3 Å². The molecule has 102 valence electrons. The highest BCUT2D eigenvalue weighted by molar-refractivity contribution is 5.34. The summed E-state index contributed by atoms with van der Waals surface area (Å²) in [5, 5.41) is 12.2. The molecule has 0 unspecified atom stereocenters. The number of nitrogens with zero attached hydrogens (tertiary/aromatic N) is 2. The van der Waals surface area contributed by atoms with Gasteiger partial charge in [0, 0.05) is 12.0 Å². The largest absolute Gasteiger partial charge is 0.369 e. The number of hydrogen-bond acceptors (Lipinski definition) is 3. The van der Waals surface area contributed by atoms with E-state index in [-0.39, 0.29) is 0 Å². The van der Waals surface area contributed by atoms with Gasteiger partial charge in [-0.15, -0.1) is 5.10 Å². The van der Waals surface area contributed by atoms with Crippen LogP contribution in [0, 0.1) is 17.8 Å². The first kappa shape index (κ1) is 11.7. The molecule has 1 heterocycles. The number of anilines is 1. The van der Waals surface area contributed by atoms with E-state index in [2.05, 4.69) is 34.6 Å². The van der Waals surface area contributed by atoms with Crippen LogP contribution in [0.2, 0.25) is 0 Å². The molecule has 4 aliphatic carbocycles. The third kappa shape index (κ3) is 1.86. The zero-order chi connectivity index (χ0) is 12.9. The first-order valence-electron chi connectivity index (χ1n) is 7.85. The Morgan fingerprint density at radius 2 is 1.68 bits per heavy atom. The molecule has 4 fully saturated rings. The summed E-state index contributed by atoms with van der Waals surface area (Å²) in [5.74, 6) is 3.83. The minimum atomic E-state index is 0.381. The number of aromatic nitrogens is 2. The normalized spacial score (nSPS) is 39.5. The summed E-state index contributed by atoms with van der Waals surface area (Å²) in [4.78, 5) is 0. The maximum Gasteiger partial charge on any atom is 0.148 e. The molecule has 1 aromatic heterocycles. The van der Waals surface area contributed by atoms with Crippen molar-refractivity contribution in [3.8, 4) is 0 Å². The van der Waals surface area contributed by atoms with E-state index in [0.29, 0.717) is 5.41 Å². The van der Waals surface area contributed by atoms with Gasteiger partial charge in [-0.25, -0.2) is 0 Å². The third-order valence-electron chi connectivity index (χ3n) is 5.60. The van der Waals surface area contributed by atoms with Crippen LogP contribution in [0.5, 0.6) is 0 Å². The van der Waals surface area contributed by atoms with Crippen LogP contribution in [0.1, 0.15) is 51.1 Å². The monoisotopic (exact) mass is 257 g/mol. The molecule has 3 nitrogen and oxygen atoms in total. The molecule has 0 aromatic carbocycles. The lowest BCUT2D eigenvalue weighted by Gasteiger charge is -2.56. The second-order valence-electron chi connectivity index (χ2n) is 7.03. The molecule has 0 atom stereocenters. The van der Waals surface area contributed by atoms with E-state index in [1.807, 2.05) is 0 Å². The predicted molar refractivity (Wildman–Crippen MR) is 76.0 cm³/mol. The SMILES string of the molecule is CCNc1ccc(C23CC4CC(CC(C4)C2)C3)nn1. The highest BCUT2D eigenvalue weighted by Crippen LogP contribution is 2.60. The van der Waals surface area contributed by atoms with Crippen molar-refractivity contribution >= 4 is 5.82 Å². The molecule has 4 aliphatic rings. The van der Waals surface area contributed by atoms with E-state index < -0.39 is 0 Å². The van der Waals surface area contributed by atoms with Gasteiger partial charge in [0.2, 0.25) is 0 Å². The summed E-state index contributed by atoms with van der Waals surface area (Å²) in [7, 11) is 0. The van der Waals surface area contributed by atoms with E-state index in [4.69, 9.17) is 0 Å². The molecule has 1 aromatic rings. The Balaban J connectivity index is 1.64. The van der Waals surface area contributed by atoms with Gasteiger partial charge >= 0.3 is 0 Å². The summed E-state index contributed by atoms with van der Waals surface area (Å²) in [5.41, 5.74) is 1.65. The number of rotatable bonds is 3. The lowest BCUT2D eigenvalue weighted by atomic mass is 9.49. The third-order valence-corrected chi connectivity index (χ3v) is 5.60. The summed E-state index contributed by atoms with van der Waals surface area (Å²) < 4.78 is 0. The zero-order valence-corrected chi connectivity index (χ0v) is 11.7. The Bertz CT molecular complexity index is 430. The molecule has 3 heteroatoms. The molecule has 0 saturated heterocycles. The Hall–Kier alpha value is -1.12. The Kier molecular flexibility index (Phi) is 2.58. The zero-order valence-electron chi connectivity index (χ0n) is 11.7. The molecule has 0 radical (unpaired) electrons. The van der Waals surface area contributed by atoms with Gasteiger partial charge in [-0.3, -0.25) is 0 Å². The van der Waals surface area contributed by atoms with Crippen molar-refractivity contribution in [3.63, 3.8) is 0 Å². The number of hydrogen-bond donors (Lipinski definition) is 1. The molecule has 1 N–H and O–H groups in total. The van der Waals surface area contributed by atoms with Crippen molar-refractivity contribution < 1.29 is 0 Å². The average molecular weight is 257 g/mol. The Morgan fingerprint density at radius 3 is 2.16 bits per heavy atom. The van der Waals surface area contributed by atoms with E-state index in [9.17, 15) is 0 Å². The molecule has 4 saturated carbocycles. The maximum absolute atomic E-state index is 4.57. The van der Waals surface area contributed by atoms with E-state index in [0.717, 1.165) is 30.1 Å². The number of nitrogens with one attached hydrogen (secondary N) is 1. The van der Waals surface area contributed by atoms with E-state index in [1.54, 1.807) is 0 Å². The fourth-order valence-corrected chi connectivity index (χ4v) is 5.31. The fourth-order valence-electron chi connectivity index (χ4n) is 5.31. The second-order valence-corrected chi connectivity index (χ2v) is 7.03. The van der Waals surface area contributed by atoms with Crippen LogP contribution in [-0.2, 0) is 5.41 Å². The van der Waals surface area contributed by atoms with Crippen molar-refractivity contribution in [1.82, 2.24) is 10.2 Å². The molecule has 0 aliphatic heterocycles. The topological polar surface area (TPSA) is 37.8 Å². The molecule has 5 rings (SSSR count). The molecule has 0 amide bonds. The van der Waals surface area contributed by atoms with Crippen molar-refractivity contribution in [3.05, 3.63) is 17.8 Å². The summed E-state index contributed by atoms with van der Waals surface area (Å²) in [6.07, 6.45) is 8.57. The second kappa shape index (κ2) is 4.19. The summed E-state index contributed by atoms with van der Waals surface area (Å²) in [6.45, 7) is 3.00. The van der Waals surface area contributed by atoms with Crippen molar-refractivity contribution in [2.24, 2.45) is 17.8 Å². The lowest BCUT2D eigenvalue weighted by molar-refractivity contribution is -0.00757. The van der Waals surface area contributed by atoms with Crippen molar-refractivity contribution in [2.75, 3.05) is 11.9 Å². The molecular weight excluding hydrogens is 234 g/mol. The highest BCUT2D eigenvalue weighted by atomic mass is 15.2. The average Bonchev–Trinajstić information content (AvgIpc) is 2.38. The van der Waals surface area contributed by atoms with Crippen LogP contribution < -0.4 is 5.32 Å². The fraction of sp³-hybridized carbons (Fsp3) is 0.750. The predicted octanol–water partition coefficient (Wildman–Crippen LogP) is 3.38. The minimum Gasteiger partial charge on any atom is -0.369 e. The lowest BCUT2D eigenvalue weighted by Crippen LogP contribution is -2.49. The minimum absolute atomic E-state index is 0.381. The van der Waals surface area contributed by atoms with Gasteiger partial charge in [0.1, 0.15) is 5.82 Å². The van der Waals surface area contributed by atoms with Crippen LogP contribution in [0.25, 0.3) is 0 Å². The highest BCUT2D eigenvalue weighted by Gasteiger charge is 2.52. The van der Waals surface area contributed by atoms with Crippen LogP contribution in [0.3, 0.4) is 0 Å². The van der Waals surface area contributed by atoms with E-state index in [1.165, 1.54) is 44.2 Å². The van der Waals surface area contributed by atoms with E-state index >= 15 is 0 Å². The van der Waals surface area contributed by atoms with Crippen molar-refractivity contribution in [2.45, 2.75) is 50.9 Å². The smallest absolute Gasteiger partial charge is 0.148 e. The van der Waals surface area contributed by atoms with Gasteiger partial charge in [0.25, 0.3) is 0 Å². The van der Waals surface area contributed by atoms with Gasteiger partial charge in [-0.1, -0.05) is 0 Å². The molecular formula is C16H23N3. The molecule has 0 spiro atoms. The van der Waals surface area contributed by atoms with Gasteiger partial charge < -0.3 is 5.32 Å². The van der Waals surface area contributed by atoms with Gasteiger partial charge in [0.05, 0.1) is 5.69 Å². The standard InChI is InChI=1S/C16H23N3/c1-2-17-15-4-3-14(18-19-15)16-8-11-5-12(9-16)7-13(6-11)10-16/h3-4,11-13H,2,5-10H2,1H3,(H,17,19). The summed E-state index contributed by atoms with van der Waals surface area (Å²) in [6, 6.07) is 4.35. The van der Waals surface area contributed by atoms with Crippen molar-refractivity contribution in [1.29, 1.82) is 0 Å². The van der Waals surface area contributed by atoms with Crippen LogP contribution in [0.4, 0.5) is 5.82 Å². The summed E-state index contributed by atoms with van der Waals surface area (Å²) >= 11 is 0. The van der Waals surface area contributed by atoms with Gasteiger partial charge in [-0.2, -0.15) is 5.10 Å². The first-order valence-corrected chi connectivity index (χ1v) is 7.85. The van der Waals surface area contributed by atoms with Crippen LogP contribution in [0.15, 0.2) is 12.1 Å². The molecule has 19 heavy (non-hydrogen) atoms. The molecule has 4 bridgehead atoms. The van der Waals surface area contributed by atoms with Gasteiger partial charge in [0.15, 0.2) is 0 Å². The Labute approximate surface area is 115 Å². The van der Waals surface area contributed by atoms with Crippen LogP contribution in [-0.4, -0.2) is 16.7 Å². The maximum atomic E-state index is 4.57. The quantitative estimate of drug-likeness (QED) is 0.902.